The van der Waals surface area contributed by atoms with Gasteiger partial charge in [-0.3, -0.25) is 4.79 Å². The van der Waals surface area contributed by atoms with E-state index in [0.717, 1.165) is 5.69 Å². The van der Waals surface area contributed by atoms with Crippen LogP contribution < -0.4 is 5.32 Å². The number of anilines is 1. The third-order valence-corrected chi connectivity index (χ3v) is 5.32. The van der Waals surface area contributed by atoms with Crippen LogP contribution in [0.2, 0.25) is 0 Å². The molecular weight excluding hydrogens is 324 g/mol. The summed E-state index contributed by atoms with van der Waals surface area (Å²) in [5, 5.41) is 4.72. The highest BCUT2D eigenvalue weighted by Crippen LogP contribution is 2.32. The summed E-state index contributed by atoms with van der Waals surface area (Å²) in [4.78, 5) is 32.6. The van der Waals surface area contributed by atoms with Crippen LogP contribution in [0.15, 0.2) is 41.2 Å². The molecule has 2 atom stereocenters. The van der Waals surface area contributed by atoms with Crippen molar-refractivity contribution in [1.82, 2.24) is 14.8 Å². The van der Waals surface area contributed by atoms with Gasteiger partial charge in [0.05, 0.1) is 5.51 Å². The molecular formula is C17H18N4O2S. The molecule has 6 nitrogen and oxygen atoms in total. The maximum atomic E-state index is 12.4. The molecule has 1 aromatic heterocycles. The summed E-state index contributed by atoms with van der Waals surface area (Å²) in [7, 11) is 0. The van der Waals surface area contributed by atoms with Gasteiger partial charge in [0, 0.05) is 49.1 Å². The average molecular weight is 342 g/mol. The number of hydrogen-bond acceptors (Lipinski definition) is 4. The summed E-state index contributed by atoms with van der Waals surface area (Å²) in [6, 6.07) is 9.41. The average Bonchev–Trinajstić information content (AvgIpc) is 3.31. The topological polar surface area (TPSA) is 65.5 Å². The first kappa shape index (κ1) is 15.1. The molecule has 0 unspecified atom stereocenters. The van der Waals surface area contributed by atoms with Crippen molar-refractivity contribution in [3.63, 3.8) is 0 Å². The third kappa shape index (κ3) is 2.87. The highest BCUT2D eigenvalue weighted by molar-refractivity contribution is 7.07. The van der Waals surface area contributed by atoms with Crippen LogP contribution in [-0.2, 0) is 0 Å². The van der Waals surface area contributed by atoms with Crippen LogP contribution in [0, 0.1) is 11.8 Å². The van der Waals surface area contributed by atoms with Crippen LogP contribution >= 0.6 is 11.3 Å². The molecule has 0 bridgehead atoms. The molecule has 24 heavy (non-hydrogen) atoms. The van der Waals surface area contributed by atoms with Crippen molar-refractivity contribution in [2.75, 3.05) is 31.5 Å². The second-order valence-electron chi connectivity index (χ2n) is 6.31. The molecule has 7 heteroatoms. The number of urea groups is 1. The number of rotatable bonds is 2. The molecule has 0 saturated carbocycles. The Hall–Kier alpha value is -2.41. The molecule has 1 aromatic carbocycles. The normalized spacial score (nSPS) is 22.5. The minimum Gasteiger partial charge on any atom is -0.337 e. The van der Waals surface area contributed by atoms with Crippen molar-refractivity contribution in [2.24, 2.45) is 11.8 Å². The monoisotopic (exact) mass is 342 g/mol. The molecule has 2 fully saturated rings. The summed E-state index contributed by atoms with van der Waals surface area (Å²) in [5.74, 6) is 0.717. The van der Waals surface area contributed by atoms with Gasteiger partial charge in [-0.05, 0) is 12.1 Å². The number of amides is 3. The Morgan fingerprint density at radius 3 is 2.33 bits per heavy atom. The largest absolute Gasteiger partial charge is 0.337 e. The Labute approximate surface area is 144 Å². The number of hydrogen-bond donors (Lipinski definition) is 1. The van der Waals surface area contributed by atoms with Gasteiger partial charge in [0.25, 0.3) is 5.91 Å². The number of fused-ring (bicyclic) bond motifs is 1. The first-order chi connectivity index (χ1) is 11.7. The van der Waals surface area contributed by atoms with Crippen molar-refractivity contribution in [3.8, 4) is 0 Å². The molecule has 3 heterocycles. The Kier molecular flexibility index (Phi) is 3.93. The van der Waals surface area contributed by atoms with E-state index in [-0.39, 0.29) is 11.9 Å². The van der Waals surface area contributed by atoms with Gasteiger partial charge in [-0.2, -0.15) is 0 Å². The molecule has 124 valence electrons. The smallest absolute Gasteiger partial charge is 0.321 e. The van der Waals surface area contributed by atoms with E-state index >= 15 is 0 Å². The molecule has 4 rings (SSSR count). The predicted molar refractivity (Wildman–Crippen MR) is 92.0 cm³/mol. The lowest BCUT2D eigenvalue weighted by Gasteiger charge is -2.21. The molecule has 0 spiro atoms. The first-order valence-electron chi connectivity index (χ1n) is 7.99. The zero-order valence-electron chi connectivity index (χ0n) is 13.1. The van der Waals surface area contributed by atoms with Gasteiger partial charge in [-0.25, -0.2) is 9.78 Å². The van der Waals surface area contributed by atoms with Gasteiger partial charge in [-0.1, -0.05) is 18.2 Å². The Morgan fingerprint density at radius 2 is 1.71 bits per heavy atom. The van der Waals surface area contributed by atoms with E-state index < -0.39 is 0 Å². The maximum Gasteiger partial charge on any atom is 0.321 e. The van der Waals surface area contributed by atoms with Gasteiger partial charge in [-0.15, -0.1) is 11.3 Å². The first-order valence-corrected chi connectivity index (χ1v) is 8.93. The van der Waals surface area contributed by atoms with Gasteiger partial charge in [0.2, 0.25) is 0 Å². The van der Waals surface area contributed by atoms with E-state index in [1.54, 1.807) is 10.9 Å². The van der Waals surface area contributed by atoms with E-state index in [9.17, 15) is 9.59 Å². The SMILES string of the molecule is O=C(Nc1ccccc1)N1C[C@@H]2CN(C(=O)c3cscn3)C[C@@H]2C1. The Balaban J connectivity index is 1.34. The van der Waals surface area contributed by atoms with Crippen molar-refractivity contribution >= 4 is 29.0 Å². The molecule has 0 radical (unpaired) electrons. The summed E-state index contributed by atoms with van der Waals surface area (Å²) in [5.41, 5.74) is 3.01. The quantitative estimate of drug-likeness (QED) is 0.911. The lowest BCUT2D eigenvalue weighted by molar-refractivity contribution is 0.0772. The van der Waals surface area contributed by atoms with Crippen LogP contribution in [0.3, 0.4) is 0 Å². The predicted octanol–water partition coefficient (Wildman–Crippen LogP) is 2.38. The minimum atomic E-state index is -0.0621. The van der Waals surface area contributed by atoms with Crippen LogP contribution in [0.5, 0.6) is 0 Å². The number of para-hydroxylation sites is 1. The fourth-order valence-electron chi connectivity index (χ4n) is 3.53. The maximum absolute atomic E-state index is 12.4. The number of nitrogens with one attached hydrogen (secondary N) is 1. The van der Waals surface area contributed by atoms with Crippen LogP contribution in [0.25, 0.3) is 0 Å². The van der Waals surface area contributed by atoms with Gasteiger partial charge >= 0.3 is 6.03 Å². The van der Waals surface area contributed by atoms with Crippen molar-refractivity contribution < 1.29 is 9.59 Å². The number of aromatic nitrogens is 1. The van der Waals surface area contributed by atoms with E-state index in [1.807, 2.05) is 40.1 Å². The standard InChI is InChI=1S/C17H18N4O2S/c22-16(15-10-24-11-18-15)20-6-12-8-21(9-13(12)7-20)17(23)19-14-4-2-1-3-5-14/h1-5,10-13H,6-9H2,(H,19,23)/t12-,13+. The minimum absolute atomic E-state index is 0.00550. The lowest BCUT2D eigenvalue weighted by Crippen LogP contribution is -2.37. The number of carbonyl (C=O) groups excluding carboxylic acids is 2. The molecule has 0 aliphatic carbocycles. The molecule has 2 saturated heterocycles. The summed E-state index contributed by atoms with van der Waals surface area (Å²) in [6.07, 6.45) is 0. The van der Waals surface area contributed by atoms with Crippen LogP contribution in [0.1, 0.15) is 10.5 Å². The van der Waals surface area contributed by atoms with Crippen LogP contribution in [-0.4, -0.2) is 52.9 Å². The van der Waals surface area contributed by atoms with Crippen molar-refractivity contribution in [1.29, 1.82) is 0 Å². The lowest BCUT2D eigenvalue weighted by atomic mass is 10.0. The molecule has 3 amide bonds. The summed E-state index contributed by atoms with van der Waals surface area (Å²) < 4.78 is 0. The fourth-order valence-corrected chi connectivity index (χ4v) is 4.05. The highest BCUT2D eigenvalue weighted by atomic mass is 32.1. The molecule has 2 aromatic rings. The molecule has 2 aliphatic rings. The van der Waals surface area contributed by atoms with Crippen LogP contribution in [0.4, 0.5) is 10.5 Å². The second-order valence-corrected chi connectivity index (χ2v) is 7.02. The number of nitrogens with zero attached hydrogens (tertiary/aromatic N) is 3. The third-order valence-electron chi connectivity index (χ3n) is 4.74. The highest BCUT2D eigenvalue weighted by Gasteiger charge is 2.43. The molecule has 1 N–H and O–H groups in total. The number of carbonyl (C=O) groups is 2. The van der Waals surface area contributed by atoms with Crippen molar-refractivity contribution in [3.05, 3.63) is 46.9 Å². The van der Waals surface area contributed by atoms with Crippen molar-refractivity contribution in [2.45, 2.75) is 0 Å². The molecule has 2 aliphatic heterocycles. The van der Waals surface area contributed by atoms with Gasteiger partial charge in [0.15, 0.2) is 0 Å². The number of benzene rings is 1. The number of thiazole rings is 1. The van der Waals surface area contributed by atoms with E-state index in [0.29, 0.717) is 43.7 Å². The second kappa shape index (κ2) is 6.24. The number of likely N-dealkylation sites (tertiary alicyclic amines) is 2. The van der Waals surface area contributed by atoms with E-state index in [4.69, 9.17) is 0 Å². The van der Waals surface area contributed by atoms with Gasteiger partial charge in [0.1, 0.15) is 5.69 Å². The van der Waals surface area contributed by atoms with E-state index in [2.05, 4.69) is 10.3 Å². The Bertz CT molecular complexity index is 720. The summed E-state index contributed by atoms with van der Waals surface area (Å²) in [6.45, 7) is 2.81. The van der Waals surface area contributed by atoms with E-state index in [1.165, 1.54) is 11.3 Å². The summed E-state index contributed by atoms with van der Waals surface area (Å²) >= 11 is 1.43. The zero-order chi connectivity index (χ0) is 16.5. The fraction of sp³-hybridized carbons (Fsp3) is 0.353. The zero-order valence-corrected chi connectivity index (χ0v) is 13.9. The Morgan fingerprint density at radius 1 is 1.04 bits per heavy atom. The van der Waals surface area contributed by atoms with Gasteiger partial charge < -0.3 is 15.1 Å².